The average molecular weight is 174 g/mol. The van der Waals surface area contributed by atoms with Crippen LogP contribution in [0.4, 0.5) is 0 Å². The second-order valence-corrected chi connectivity index (χ2v) is 1.60. The zero-order valence-corrected chi connectivity index (χ0v) is 6.05. The van der Waals surface area contributed by atoms with Crippen molar-refractivity contribution >= 4 is 51.4 Å². The van der Waals surface area contributed by atoms with Gasteiger partial charge in [-0.25, -0.2) is 0 Å². The molecule has 3 nitrogen and oxygen atoms in total. The van der Waals surface area contributed by atoms with E-state index < -0.39 is 0 Å². The van der Waals surface area contributed by atoms with E-state index in [-0.39, 0.29) is 51.4 Å². The van der Waals surface area contributed by atoms with Gasteiger partial charge in [0, 0.05) is 14.2 Å². The molecule has 0 aromatic carbocycles. The number of methoxy groups -OCH3 is 2. The van der Waals surface area contributed by atoms with Gasteiger partial charge in [0.1, 0.15) is 0 Å². The van der Waals surface area contributed by atoms with E-state index >= 15 is 0 Å². The monoisotopic (exact) mass is 174 g/mol. The summed E-state index contributed by atoms with van der Waals surface area (Å²) in [5.41, 5.74) is 0. The van der Waals surface area contributed by atoms with Crippen LogP contribution in [0.2, 0.25) is 0 Å². The fraction of sp³-hybridized carbons (Fsp3) is 1.00. The van der Waals surface area contributed by atoms with Crippen LogP contribution >= 0.6 is 0 Å². The summed E-state index contributed by atoms with van der Waals surface area (Å²) in [7, 11) is 3.30. The summed E-state index contributed by atoms with van der Waals surface area (Å²) >= 11 is 0. The van der Waals surface area contributed by atoms with Gasteiger partial charge in [-0.2, -0.15) is 0 Å². The van der Waals surface area contributed by atoms with Crippen LogP contribution < -0.4 is 0 Å². The molecule has 0 saturated carbocycles. The van der Waals surface area contributed by atoms with Crippen LogP contribution in [0, 0.1) is 0 Å². The molecule has 0 amide bonds. The van der Waals surface area contributed by atoms with Crippen LogP contribution in [0.3, 0.4) is 0 Å². The maximum absolute atomic E-state index is 5.06. The molecule has 58 valence electrons. The third kappa shape index (κ3) is 12.2. The Bertz CT molecular complexity index is 46.3. The van der Waals surface area contributed by atoms with E-state index in [9.17, 15) is 0 Å². The number of hydrogen-bond donors (Lipinski definition) is 0. The van der Waals surface area contributed by atoms with Gasteiger partial charge in [-0.15, -0.1) is 0 Å². The van der Waals surface area contributed by atoms with Crippen molar-refractivity contribution < 1.29 is 14.2 Å². The van der Waals surface area contributed by atoms with Gasteiger partial charge in [0.15, 0.2) is 0 Å². The summed E-state index contributed by atoms with van der Waals surface area (Å²) in [5.74, 6) is 0. The van der Waals surface area contributed by atoms with E-state index in [0.29, 0.717) is 26.4 Å². The normalized spacial score (nSPS) is 9.00. The maximum atomic E-state index is 5.06. The van der Waals surface area contributed by atoms with Crippen LogP contribution in [0.25, 0.3) is 0 Å². The Morgan fingerprint density at radius 2 is 1.20 bits per heavy atom. The molecule has 0 unspecified atom stereocenters. The van der Waals surface area contributed by atoms with Crippen molar-refractivity contribution in [3.05, 3.63) is 0 Å². The zero-order valence-electron chi connectivity index (χ0n) is 6.05. The van der Waals surface area contributed by atoms with E-state index in [1.54, 1.807) is 14.2 Å². The van der Waals surface area contributed by atoms with Gasteiger partial charge in [0.05, 0.1) is 26.4 Å². The van der Waals surface area contributed by atoms with Crippen molar-refractivity contribution in [3.8, 4) is 0 Å². The van der Waals surface area contributed by atoms with Crippen LogP contribution in [0.5, 0.6) is 0 Å². The Morgan fingerprint density at radius 1 is 0.800 bits per heavy atom. The topological polar surface area (TPSA) is 27.7 Å². The first-order chi connectivity index (χ1) is 4.41. The predicted molar refractivity (Wildman–Crippen MR) is 41.7 cm³/mol. The molecule has 0 radical (unpaired) electrons. The van der Waals surface area contributed by atoms with Crippen molar-refractivity contribution in [1.29, 1.82) is 0 Å². The van der Waals surface area contributed by atoms with Crippen molar-refractivity contribution in [1.82, 2.24) is 0 Å². The fourth-order valence-corrected chi connectivity index (χ4v) is 0.387. The van der Waals surface area contributed by atoms with Gasteiger partial charge < -0.3 is 14.2 Å². The second-order valence-electron chi connectivity index (χ2n) is 1.60. The van der Waals surface area contributed by atoms with Crippen molar-refractivity contribution in [2.75, 3.05) is 40.6 Å². The van der Waals surface area contributed by atoms with Gasteiger partial charge in [-0.1, -0.05) is 0 Å². The summed E-state index contributed by atoms with van der Waals surface area (Å²) in [4.78, 5) is 0. The first-order valence-corrected chi connectivity index (χ1v) is 2.97. The van der Waals surface area contributed by atoms with Gasteiger partial charge in [-0.05, 0) is 0 Å². The molecule has 0 aliphatic carbocycles. The van der Waals surface area contributed by atoms with E-state index in [4.69, 9.17) is 14.2 Å². The third-order valence-electron chi connectivity index (χ3n) is 0.864. The quantitative estimate of drug-likeness (QED) is 0.407. The number of hydrogen-bond acceptors (Lipinski definition) is 3. The second kappa shape index (κ2) is 13.1. The summed E-state index contributed by atoms with van der Waals surface area (Å²) in [6.45, 7) is 2.62. The van der Waals surface area contributed by atoms with E-state index in [2.05, 4.69) is 0 Å². The summed E-state index contributed by atoms with van der Waals surface area (Å²) in [6.07, 6.45) is 0. The first kappa shape index (κ1) is 14.1. The molecule has 4 heteroatoms. The van der Waals surface area contributed by atoms with Crippen LogP contribution in [0.15, 0.2) is 0 Å². The number of rotatable bonds is 6. The summed E-state index contributed by atoms with van der Waals surface area (Å²) < 4.78 is 14.6. The Hall–Kier alpha value is 1.52. The van der Waals surface area contributed by atoms with E-state index in [0.717, 1.165) is 0 Å². The zero-order chi connectivity index (χ0) is 6.95. The molecule has 0 N–H and O–H groups in total. The Balaban J connectivity index is 0. The molecule has 0 fully saturated rings. The molecule has 0 heterocycles. The van der Waals surface area contributed by atoms with Crippen LogP contribution in [0.1, 0.15) is 0 Å². The summed E-state index contributed by atoms with van der Waals surface area (Å²) in [5, 5.41) is 0. The standard InChI is InChI=1S/C6H14O3.K.H/c1-7-3-5-9-6-4-8-2;;/h3-6H2,1-2H3;;. The molecule has 0 aliphatic rings. The summed E-state index contributed by atoms with van der Waals surface area (Å²) in [6, 6.07) is 0. The SMILES string of the molecule is COCCOCCOC.[KH]. The molecular formula is C6H15KO3. The Kier molecular flexibility index (Phi) is 18.5. The van der Waals surface area contributed by atoms with Crippen molar-refractivity contribution in [2.24, 2.45) is 0 Å². The molecule has 0 bridgehead atoms. The molecule has 0 aromatic heterocycles. The fourth-order valence-electron chi connectivity index (χ4n) is 0.387. The van der Waals surface area contributed by atoms with Gasteiger partial charge in [0.25, 0.3) is 0 Å². The minimum atomic E-state index is 0. The minimum absolute atomic E-state index is 0. The molecule has 0 aromatic rings. The van der Waals surface area contributed by atoms with Crippen LogP contribution in [-0.4, -0.2) is 92.0 Å². The molecule has 0 atom stereocenters. The third-order valence-corrected chi connectivity index (χ3v) is 0.864. The number of ether oxygens (including phenoxy) is 3. The molecule has 0 rings (SSSR count). The predicted octanol–water partition coefficient (Wildman–Crippen LogP) is -0.353. The van der Waals surface area contributed by atoms with E-state index in [1.165, 1.54) is 0 Å². The van der Waals surface area contributed by atoms with Gasteiger partial charge in [0.2, 0.25) is 0 Å². The molecule has 0 saturated heterocycles. The Labute approximate surface area is 105 Å². The van der Waals surface area contributed by atoms with E-state index in [1.807, 2.05) is 0 Å². The van der Waals surface area contributed by atoms with Crippen molar-refractivity contribution in [2.45, 2.75) is 0 Å². The van der Waals surface area contributed by atoms with Gasteiger partial charge >= 0.3 is 51.4 Å². The first-order valence-electron chi connectivity index (χ1n) is 2.97. The molecular weight excluding hydrogens is 159 g/mol. The average Bonchev–Trinajstić information content (AvgIpc) is 1.89. The molecule has 10 heavy (non-hydrogen) atoms. The molecule has 0 spiro atoms. The van der Waals surface area contributed by atoms with Crippen LogP contribution in [-0.2, 0) is 14.2 Å². The Morgan fingerprint density at radius 3 is 1.50 bits per heavy atom. The van der Waals surface area contributed by atoms with Gasteiger partial charge in [-0.3, -0.25) is 0 Å². The van der Waals surface area contributed by atoms with Crippen molar-refractivity contribution in [3.63, 3.8) is 0 Å². The molecule has 0 aliphatic heterocycles.